The van der Waals surface area contributed by atoms with Crippen molar-refractivity contribution < 1.29 is 9.53 Å². The van der Waals surface area contributed by atoms with Gasteiger partial charge in [0.15, 0.2) is 0 Å². The van der Waals surface area contributed by atoms with Crippen molar-refractivity contribution in [2.75, 3.05) is 19.8 Å². The van der Waals surface area contributed by atoms with Gasteiger partial charge in [0, 0.05) is 30.0 Å². The van der Waals surface area contributed by atoms with E-state index in [1.165, 1.54) is 11.3 Å². The standard InChI is InChI=1S/C16H17ClN2O2S/c17-14-4-2-1-3-13(14)16-19-12(10-22-16)7-15(20)18-8-11-5-6-21-9-11/h1-4,10-11H,5-9H2,(H,18,20). The van der Waals surface area contributed by atoms with Crippen LogP contribution in [0.4, 0.5) is 0 Å². The molecule has 0 radical (unpaired) electrons. The number of carbonyl (C=O) groups is 1. The van der Waals surface area contributed by atoms with Gasteiger partial charge in [-0.1, -0.05) is 29.8 Å². The normalized spacial score (nSPS) is 17.6. The lowest BCUT2D eigenvalue weighted by atomic mass is 10.1. The number of thiazole rings is 1. The molecular formula is C16H17ClN2O2S. The lowest BCUT2D eigenvalue weighted by molar-refractivity contribution is -0.120. The van der Waals surface area contributed by atoms with E-state index in [0.717, 1.165) is 35.9 Å². The second-order valence-electron chi connectivity index (χ2n) is 5.33. The Labute approximate surface area is 138 Å². The average Bonchev–Trinajstić information content (AvgIpc) is 3.17. The summed E-state index contributed by atoms with van der Waals surface area (Å²) in [6.45, 7) is 2.22. The Morgan fingerprint density at radius 2 is 2.32 bits per heavy atom. The lowest BCUT2D eigenvalue weighted by Gasteiger charge is -2.08. The quantitative estimate of drug-likeness (QED) is 0.912. The third-order valence-electron chi connectivity index (χ3n) is 3.61. The number of ether oxygens (including phenoxy) is 1. The first-order chi connectivity index (χ1) is 10.7. The van der Waals surface area contributed by atoms with Crippen molar-refractivity contribution in [3.63, 3.8) is 0 Å². The van der Waals surface area contributed by atoms with E-state index in [0.29, 0.717) is 23.9 Å². The second kappa shape index (κ2) is 7.22. The van der Waals surface area contributed by atoms with Gasteiger partial charge in [-0.05, 0) is 12.5 Å². The summed E-state index contributed by atoms with van der Waals surface area (Å²) in [6.07, 6.45) is 1.32. The van der Waals surface area contributed by atoms with Crippen LogP contribution in [0.3, 0.4) is 0 Å². The summed E-state index contributed by atoms with van der Waals surface area (Å²) in [5, 5.41) is 6.39. The highest BCUT2D eigenvalue weighted by Crippen LogP contribution is 2.30. The van der Waals surface area contributed by atoms with E-state index in [9.17, 15) is 4.79 Å². The molecule has 1 aromatic heterocycles. The monoisotopic (exact) mass is 336 g/mol. The van der Waals surface area contributed by atoms with Gasteiger partial charge in [0.1, 0.15) is 5.01 Å². The maximum absolute atomic E-state index is 12.0. The molecule has 1 saturated heterocycles. The molecule has 2 heterocycles. The Bertz CT molecular complexity index is 653. The molecule has 1 aliphatic rings. The fraction of sp³-hybridized carbons (Fsp3) is 0.375. The second-order valence-corrected chi connectivity index (χ2v) is 6.60. The van der Waals surface area contributed by atoms with Crippen molar-refractivity contribution in [1.29, 1.82) is 0 Å². The summed E-state index contributed by atoms with van der Waals surface area (Å²) in [5.74, 6) is 0.445. The third-order valence-corrected chi connectivity index (χ3v) is 4.86. The van der Waals surface area contributed by atoms with Gasteiger partial charge in [-0.15, -0.1) is 11.3 Å². The largest absolute Gasteiger partial charge is 0.381 e. The molecule has 22 heavy (non-hydrogen) atoms. The van der Waals surface area contributed by atoms with Crippen LogP contribution < -0.4 is 5.32 Å². The molecule has 1 unspecified atom stereocenters. The van der Waals surface area contributed by atoms with Gasteiger partial charge in [0.05, 0.1) is 23.7 Å². The third kappa shape index (κ3) is 3.85. The summed E-state index contributed by atoms with van der Waals surface area (Å²) >= 11 is 7.68. The van der Waals surface area contributed by atoms with E-state index in [2.05, 4.69) is 10.3 Å². The number of nitrogens with one attached hydrogen (secondary N) is 1. The van der Waals surface area contributed by atoms with Crippen LogP contribution in [0.5, 0.6) is 0 Å². The van der Waals surface area contributed by atoms with Crippen LogP contribution in [0, 0.1) is 5.92 Å². The Kier molecular flexibility index (Phi) is 5.08. The Balaban J connectivity index is 1.57. The van der Waals surface area contributed by atoms with E-state index in [1.54, 1.807) is 0 Å². The summed E-state index contributed by atoms with van der Waals surface area (Å²) < 4.78 is 5.30. The van der Waals surface area contributed by atoms with Gasteiger partial charge < -0.3 is 10.1 Å². The van der Waals surface area contributed by atoms with Crippen molar-refractivity contribution >= 4 is 28.8 Å². The van der Waals surface area contributed by atoms with Crippen LogP contribution in [0.15, 0.2) is 29.6 Å². The van der Waals surface area contributed by atoms with E-state index in [-0.39, 0.29) is 5.91 Å². The summed E-state index contributed by atoms with van der Waals surface area (Å²) in [7, 11) is 0. The summed E-state index contributed by atoms with van der Waals surface area (Å²) in [5.41, 5.74) is 1.68. The Morgan fingerprint density at radius 3 is 3.09 bits per heavy atom. The molecule has 2 aromatic rings. The van der Waals surface area contributed by atoms with Crippen LogP contribution in [0.25, 0.3) is 10.6 Å². The number of rotatable bonds is 5. The first kappa shape index (κ1) is 15.5. The molecule has 116 valence electrons. The number of aromatic nitrogens is 1. The number of hydrogen-bond acceptors (Lipinski definition) is 4. The fourth-order valence-corrected chi connectivity index (χ4v) is 3.52. The highest BCUT2D eigenvalue weighted by atomic mass is 35.5. The van der Waals surface area contributed by atoms with Crippen molar-refractivity contribution in [3.05, 3.63) is 40.4 Å². The predicted molar refractivity (Wildman–Crippen MR) is 88.2 cm³/mol. The van der Waals surface area contributed by atoms with E-state index >= 15 is 0 Å². The zero-order chi connectivity index (χ0) is 15.4. The minimum Gasteiger partial charge on any atom is -0.381 e. The van der Waals surface area contributed by atoms with Crippen LogP contribution in [0.2, 0.25) is 5.02 Å². The molecule has 0 spiro atoms. The van der Waals surface area contributed by atoms with Gasteiger partial charge in [-0.3, -0.25) is 4.79 Å². The van der Waals surface area contributed by atoms with Crippen LogP contribution in [-0.2, 0) is 16.0 Å². The fourth-order valence-electron chi connectivity index (χ4n) is 2.38. The zero-order valence-corrected chi connectivity index (χ0v) is 13.6. The topological polar surface area (TPSA) is 51.2 Å². The molecule has 1 amide bonds. The smallest absolute Gasteiger partial charge is 0.226 e. The highest BCUT2D eigenvalue weighted by molar-refractivity contribution is 7.13. The van der Waals surface area contributed by atoms with Crippen molar-refractivity contribution in [3.8, 4) is 10.6 Å². The number of carbonyl (C=O) groups excluding carboxylic acids is 1. The maximum atomic E-state index is 12.0. The molecule has 0 saturated carbocycles. The van der Waals surface area contributed by atoms with E-state index in [4.69, 9.17) is 16.3 Å². The molecule has 1 aromatic carbocycles. The maximum Gasteiger partial charge on any atom is 0.226 e. The van der Waals surface area contributed by atoms with Crippen molar-refractivity contribution in [2.45, 2.75) is 12.8 Å². The molecule has 1 N–H and O–H groups in total. The number of amides is 1. The van der Waals surface area contributed by atoms with Gasteiger partial charge in [0.25, 0.3) is 0 Å². The molecule has 3 rings (SSSR count). The van der Waals surface area contributed by atoms with E-state index in [1.807, 2.05) is 29.6 Å². The van der Waals surface area contributed by atoms with Gasteiger partial charge in [-0.2, -0.15) is 0 Å². The number of halogens is 1. The average molecular weight is 337 g/mol. The van der Waals surface area contributed by atoms with Gasteiger partial charge in [0.2, 0.25) is 5.91 Å². The van der Waals surface area contributed by atoms with Crippen LogP contribution in [0.1, 0.15) is 12.1 Å². The van der Waals surface area contributed by atoms with Gasteiger partial charge in [-0.25, -0.2) is 4.98 Å². The molecule has 1 aliphatic heterocycles. The minimum absolute atomic E-state index is 0.00269. The van der Waals surface area contributed by atoms with Crippen LogP contribution >= 0.6 is 22.9 Å². The number of nitrogens with zero attached hydrogens (tertiary/aromatic N) is 1. The molecule has 1 atom stereocenters. The molecular weight excluding hydrogens is 320 g/mol. The summed E-state index contributed by atoms with van der Waals surface area (Å²) in [6, 6.07) is 7.60. The molecule has 4 nitrogen and oxygen atoms in total. The van der Waals surface area contributed by atoms with Crippen molar-refractivity contribution in [1.82, 2.24) is 10.3 Å². The summed E-state index contributed by atoms with van der Waals surface area (Å²) in [4.78, 5) is 16.5. The Morgan fingerprint density at radius 1 is 1.45 bits per heavy atom. The molecule has 0 bridgehead atoms. The minimum atomic E-state index is 0.00269. The Hall–Kier alpha value is -1.43. The predicted octanol–water partition coefficient (Wildman–Crippen LogP) is 3.16. The SMILES string of the molecule is O=C(Cc1csc(-c2ccccc2Cl)n1)NCC1CCOC1. The number of benzene rings is 1. The van der Waals surface area contributed by atoms with Gasteiger partial charge >= 0.3 is 0 Å². The van der Waals surface area contributed by atoms with E-state index < -0.39 is 0 Å². The molecule has 6 heteroatoms. The van der Waals surface area contributed by atoms with Crippen molar-refractivity contribution in [2.24, 2.45) is 5.92 Å². The number of hydrogen-bond donors (Lipinski definition) is 1. The molecule has 1 fully saturated rings. The highest BCUT2D eigenvalue weighted by Gasteiger charge is 2.17. The van der Waals surface area contributed by atoms with Crippen LogP contribution in [-0.4, -0.2) is 30.6 Å². The first-order valence-corrected chi connectivity index (χ1v) is 8.52. The zero-order valence-electron chi connectivity index (χ0n) is 12.0. The first-order valence-electron chi connectivity index (χ1n) is 7.26. The lowest BCUT2D eigenvalue weighted by Crippen LogP contribution is -2.30. The molecule has 0 aliphatic carbocycles.